The van der Waals surface area contributed by atoms with E-state index in [2.05, 4.69) is 5.32 Å². The van der Waals surface area contributed by atoms with Crippen LogP contribution in [0.5, 0.6) is 0 Å². The van der Waals surface area contributed by atoms with Gasteiger partial charge in [-0.05, 0) is 37.5 Å². The number of nitrogens with zero attached hydrogens (tertiary/aromatic N) is 1. The van der Waals surface area contributed by atoms with Gasteiger partial charge in [0.15, 0.2) is 9.84 Å². The average Bonchev–Trinajstić information content (AvgIpc) is 2.37. The molecule has 1 aliphatic carbocycles. The zero-order valence-electron chi connectivity index (χ0n) is 13.4. The summed E-state index contributed by atoms with van der Waals surface area (Å²) in [6.07, 6.45) is 2.24. The van der Waals surface area contributed by atoms with Crippen molar-refractivity contribution in [3.63, 3.8) is 0 Å². The van der Waals surface area contributed by atoms with Crippen molar-refractivity contribution >= 4 is 27.5 Å². The first-order valence-electron chi connectivity index (χ1n) is 7.23. The van der Waals surface area contributed by atoms with E-state index >= 15 is 0 Å². The molecular weight excluding hydrogens is 318 g/mol. The molecule has 23 heavy (non-hydrogen) atoms. The lowest BCUT2D eigenvalue weighted by molar-refractivity contribution is -0.125. The molecule has 0 spiro atoms. The maximum atomic E-state index is 12.2. The molecule has 0 aliphatic heterocycles. The van der Waals surface area contributed by atoms with Crippen LogP contribution in [0.15, 0.2) is 23.1 Å². The Morgan fingerprint density at radius 2 is 1.91 bits per heavy atom. The topological polar surface area (TPSA) is 110 Å². The van der Waals surface area contributed by atoms with Crippen LogP contribution in [-0.4, -0.2) is 44.6 Å². The molecule has 2 rings (SSSR count). The van der Waals surface area contributed by atoms with Crippen molar-refractivity contribution in [2.75, 3.05) is 18.6 Å². The van der Waals surface area contributed by atoms with Gasteiger partial charge in [0.1, 0.15) is 0 Å². The summed E-state index contributed by atoms with van der Waals surface area (Å²) in [6, 6.07) is 4.37. The van der Waals surface area contributed by atoms with Crippen molar-refractivity contribution in [3.05, 3.63) is 23.8 Å². The number of nitrogens with two attached hydrogens (primary N) is 1. The zero-order chi connectivity index (χ0) is 17.4. The van der Waals surface area contributed by atoms with Crippen LogP contribution >= 0.6 is 0 Å². The van der Waals surface area contributed by atoms with E-state index in [1.807, 2.05) is 0 Å². The highest BCUT2D eigenvalue weighted by Gasteiger charge is 2.37. The minimum absolute atomic E-state index is 0.0349. The van der Waals surface area contributed by atoms with Gasteiger partial charge in [0.05, 0.1) is 4.90 Å². The molecule has 0 bridgehead atoms. The van der Waals surface area contributed by atoms with E-state index in [1.165, 1.54) is 11.0 Å². The van der Waals surface area contributed by atoms with Crippen LogP contribution in [0.1, 0.15) is 18.4 Å². The Morgan fingerprint density at radius 1 is 1.30 bits per heavy atom. The standard InChI is InChI=1S/C15H21N3O4S/c1-9-4-5-11(8-13(9)23(3,21)22)17-15(20)18(2)12-6-10(7-12)14(16)19/h4-5,8,10,12H,6-7H2,1-3H3,(H2,16,19)(H,17,20). The quantitative estimate of drug-likeness (QED) is 0.856. The highest BCUT2D eigenvalue weighted by atomic mass is 32.2. The fourth-order valence-corrected chi connectivity index (χ4v) is 3.59. The summed E-state index contributed by atoms with van der Waals surface area (Å²) >= 11 is 0. The molecule has 0 heterocycles. The summed E-state index contributed by atoms with van der Waals surface area (Å²) in [5.74, 6) is -0.516. The molecule has 7 nitrogen and oxygen atoms in total. The number of carbonyl (C=O) groups is 2. The van der Waals surface area contributed by atoms with Crippen LogP contribution in [0, 0.1) is 12.8 Å². The number of primary amides is 1. The van der Waals surface area contributed by atoms with E-state index in [9.17, 15) is 18.0 Å². The number of benzene rings is 1. The fraction of sp³-hybridized carbons (Fsp3) is 0.467. The summed E-state index contributed by atoms with van der Waals surface area (Å²) in [5.41, 5.74) is 6.26. The second kappa shape index (κ2) is 6.19. The lowest BCUT2D eigenvalue weighted by Crippen LogP contribution is -2.50. The first-order chi connectivity index (χ1) is 10.6. The maximum Gasteiger partial charge on any atom is 0.321 e. The summed E-state index contributed by atoms with van der Waals surface area (Å²) in [6.45, 7) is 1.70. The Balaban J connectivity index is 2.05. The van der Waals surface area contributed by atoms with E-state index in [4.69, 9.17) is 5.73 Å². The predicted octanol–water partition coefficient (Wildman–Crippen LogP) is 1.13. The number of hydrogen-bond acceptors (Lipinski definition) is 4. The van der Waals surface area contributed by atoms with Crippen molar-refractivity contribution in [3.8, 4) is 0 Å². The van der Waals surface area contributed by atoms with Crippen molar-refractivity contribution in [2.24, 2.45) is 11.7 Å². The Labute approximate surface area is 135 Å². The van der Waals surface area contributed by atoms with Gasteiger partial charge in [-0.25, -0.2) is 13.2 Å². The molecule has 0 aromatic heterocycles. The number of carbonyl (C=O) groups excluding carboxylic acids is 2. The molecule has 1 aromatic rings. The number of nitrogens with one attached hydrogen (secondary N) is 1. The molecule has 3 N–H and O–H groups in total. The molecule has 0 atom stereocenters. The molecular formula is C15H21N3O4S. The van der Waals surface area contributed by atoms with E-state index in [-0.39, 0.29) is 28.8 Å². The summed E-state index contributed by atoms with van der Waals surface area (Å²) in [5, 5.41) is 2.68. The Bertz CT molecular complexity index is 739. The van der Waals surface area contributed by atoms with Crippen LogP contribution in [0.2, 0.25) is 0 Å². The minimum atomic E-state index is -3.35. The summed E-state index contributed by atoms with van der Waals surface area (Å²) < 4.78 is 23.4. The summed E-state index contributed by atoms with van der Waals surface area (Å²) in [4.78, 5) is 24.9. The number of amides is 3. The minimum Gasteiger partial charge on any atom is -0.369 e. The molecule has 1 aliphatic rings. The zero-order valence-corrected chi connectivity index (χ0v) is 14.2. The Morgan fingerprint density at radius 3 is 2.43 bits per heavy atom. The number of sulfone groups is 1. The fourth-order valence-electron chi connectivity index (χ4n) is 2.59. The largest absolute Gasteiger partial charge is 0.369 e. The van der Waals surface area contributed by atoms with Gasteiger partial charge < -0.3 is 16.0 Å². The molecule has 1 fully saturated rings. The smallest absolute Gasteiger partial charge is 0.321 e. The highest BCUT2D eigenvalue weighted by Crippen LogP contribution is 2.31. The van der Waals surface area contributed by atoms with E-state index in [1.54, 1.807) is 26.1 Å². The van der Waals surface area contributed by atoms with Gasteiger partial charge in [-0.15, -0.1) is 0 Å². The first kappa shape index (κ1) is 17.3. The molecule has 8 heteroatoms. The van der Waals surface area contributed by atoms with Gasteiger partial charge in [-0.2, -0.15) is 0 Å². The van der Waals surface area contributed by atoms with Crippen LogP contribution in [0.3, 0.4) is 0 Å². The highest BCUT2D eigenvalue weighted by molar-refractivity contribution is 7.90. The van der Waals surface area contributed by atoms with E-state index < -0.39 is 9.84 Å². The number of anilines is 1. The lowest BCUT2D eigenvalue weighted by Gasteiger charge is -2.39. The Kier molecular flexibility index (Phi) is 4.65. The van der Waals surface area contributed by atoms with E-state index in [0.29, 0.717) is 24.1 Å². The van der Waals surface area contributed by atoms with E-state index in [0.717, 1.165) is 6.26 Å². The summed E-state index contributed by atoms with van der Waals surface area (Å²) in [7, 11) is -1.71. The SMILES string of the molecule is Cc1ccc(NC(=O)N(C)C2CC(C(N)=O)C2)cc1S(C)(=O)=O. The molecule has 1 aromatic carbocycles. The second-order valence-electron chi connectivity index (χ2n) is 6.02. The van der Waals surface area contributed by atoms with Crippen molar-refractivity contribution in [2.45, 2.75) is 30.7 Å². The third-order valence-electron chi connectivity index (χ3n) is 4.22. The predicted molar refractivity (Wildman–Crippen MR) is 86.8 cm³/mol. The third-order valence-corrected chi connectivity index (χ3v) is 5.46. The lowest BCUT2D eigenvalue weighted by atomic mass is 9.79. The molecule has 0 saturated heterocycles. The van der Waals surface area contributed by atoms with Gasteiger partial charge in [-0.3, -0.25) is 4.79 Å². The van der Waals surface area contributed by atoms with Gasteiger partial charge in [-0.1, -0.05) is 6.07 Å². The second-order valence-corrected chi connectivity index (χ2v) is 8.00. The first-order valence-corrected chi connectivity index (χ1v) is 9.12. The molecule has 1 saturated carbocycles. The van der Waals surface area contributed by atoms with Crippen LogP contribution in [0.4, 0.5) is 10.5 Å². The third kappa shape index (κ3) is 3.82. The van der Waals surface area contributed by atoms with Gasteiger partial charge >= 0.3 is 6.03 Å². The normalized spacial score (nSPS) is 20.5. The number of rotatable bonds is 4. The van der Waals surface area contributed by atoms with Crippen molar-refractivity contribution < 1.29 is 18.0 Å². The van der Waals surface area contributed by atoms with Crippen LogP contribution in [0.25, 0.3) is 0 Å². The van der Waals surface area contributed by atoms with Crippen LogP contribution in [-0.2, 0) is 14.6 Å². The molecule has 3 amide bonds. The number of hydrogen-bond donors (Lipinski definition) is 2. The van der Waals surface area contributed by atoms with Crippen LogP contribution < -0.4 is 11.1 Å². The average molecular weight is 339 g/mol. The van der Waals surface area contributed by atoms with Gasteiger partial charge in [0.2, 0.25) is 5.91 Å². The monoisotopic (exact) mass is 339 g/mol. The molecule has 126 valence electrons. The molecule has 0 unspecified atom stereocenters. The number of aryl methyl sites for hydroxylation is 1. The maximum absolute atomic E-state index is 12.2. The van der Waals surface area contributed by atoms with Crippen molar-refractivity contribution in [1.29, 1.82) is 0 Å². The molecule has 0 radical (unpaired) electrons. The number of urea groups is 1. The van der Waals surface area contributed by atoms with Gasteiger partial charge in [0, 0.05) is 31.0 Å². The van der Waals surface area contributed by atoms with Crippen molar-refractivity contribution in [1.82, 2.24) is 4.90 Å². The Hall–Kier alpha value is -2.09. The van der Waals surface area contributed by atoms with Gasteiger partial charge in [0.25, 0.3) is 0 Å².